The summed E-state index contributed by atoms with van der Waals surface area (Å²) in [6.45, 7) is 9.40. The second-order valence-electron chi connectivity index (χ2n) is 14.6. The predicted octanol–water partition coefficient (Wildman–Crippen LogP) is 12.8. The van der Waals surface area contributed by atoms with E-state index in [9.17, 15) is 0 Å². The maximum absolute atomic E-state index is 2.38. The van der Waals surface area contributed by atoms with Crippen LogP contribution in [0.25, 0.3) is 0 Å². The van der Waals surface area contributed by atoms with Crippen LogP contribution in [0.5, 0.6) is 0 Å². The molecule has 0 nitrogen and oxygen atoms in total. The van der Waals surface area contributed by atoms with Gasteiger partial charge < -0.3 is 0 Å². The van der Waals surface area contributed by atoms with Gasteiger partial charge in [-0.1, -0.05) is 137 Å². The van der Waals surface area contributed by atoms with E-state index >= 15 is 0 Å². The molecule has 0 N–H and O–H groups in total. The molecule has 4 aliphatic carbocycles. The molecule has 0 amide bonds. The first-order valence-electron chi connectivity index (χ1n) is 18.2. The summed E-state index contributed by atoms with van der Waals surface area (Å²) in [6.07, 6.45) is 38.0. The molecule has 4 rings (SSSR count). The van der Waals surface area contributed by atoms with Crippen molar-refractivity contribution in [3.63, 3.8) is 0 Å². The standard InChI is InChI=1S/C20H38.C17H32/c1-3-5-6-8-18-11-15-20(16-12-18)19-13-9-17(7-4-2)10-14-19;1-3-5-15-8-12-17(13-9-15)16-10-6-14(4-2)7-11-16/h17-20H,3-16H2,1-2H3;14-17H,3-13H2,1-2H3. The van der Waals surface area contributed by atoms with Crippen LogP contribution in [-0.4, -0.2) is 0 Å². The lowest BCUT2D eigenvalue weighted by atomic mass is 9.68. The van der Waals surface area contributed by atoms with E-state index < -0.39 is 0 Å². The fourth-order valence-corrected chi connectivity index (χ4v) is 9.41. The lowest BCUT2D eigenvalue weighted by Gasteiger charge is -2.38. The zero-order chi connectivity index (χ0) is 26.3. The summed E-state index contributed by atoms with van der Waals surface area (Å²) in [5.41, 5.74) is 0. The molecule has 0 atom stereocenters. The molecule has 37 heavy (non-hydrogen) atoms. The van der Waals surface area contributed by atoms with Crippen LogP contribution in [0.1, 0.15) is 188 Å². The molecule has 0 unspecified atom stereocenters. The molecule has 218 valence electrons. The highest BCUT2D eigenvalue weighted by atomic mass is 14.4. The van der Waals surface area contributed by atoms with Crippen LogP contribution in [0.4, 0.5) is 0 Å². The number of hydrogen-bond donors (Lipinski definition) is 0. The van der Waals surface area contributed by atoms with Crippen molar-refractivity contribution in [2.45, 2.75) is 188 Å². The molecule has 4 saturated carbocycles. The topological polar surface area (TPSA) is 0 Å². The molecule has 0 aromatic carbocycles. The normalized spacial score (nSPS) is 37.0. The van der Waals surface area contributed by atoms with E-state index in [2.05, 4.69) is 27.7 Å². The Bertz CT molecular complexity index is 518. The average molecular weight is 515 g/mol. The maximum Gasteiger partial charge on any atom is -0.0386 e. The number of hydrogen-bond acceptors (Lipinski definition) is 0. The highest BCUT2D eigenvalue weighted by molar-refractivity contribution is 4.83. The Hall–Kier alpha value is 0. The van der Waals surface area contributed by atoms with E-state index in [1.54, 1.807) is 89.9 Å². The third kappa shape index (κ3) is 11.2. The summed E-state index contributed by atoms with van der Waals surface area (Å²) in [4.78, 5) is 0. The predicted molar refractivity (Wildman–Crippen MR) is 166 cm³/mol. The largest absolute Gasteiger partial charge is 0.0654 e. The van der Waals surface area contributed by atoms with E-state index in [0.29, 0.717) is 0 Å². The van der Waals surface area contributed by atoms with Crippen LogP contribution < -0.4 is 0 Å². The van der Waals surface area contributed by atoms with Gasteiger partial charge in [0.25, 0.3) is 0 Å². The van der Waals surface area contributed by atoms with Gasteiger partial charge in [0, 0.05) is 0 Å². The lowest BCUT2D eigenvalue weighted by molar-refractivity contribution is 0.140. The first-order chi connectivity index (χ1) is 18.2. The third-order valence-corrected chi connectivity index (χ3v) is 12.1. The van der Waals surface area contributed by atoms with Crippen molar-refractivity contribution >= 4 is 0 Å². The van der Waals surface area contributed by atoms with Crippen molar-refractivity contribution in [3.05, 3.63) is 0 Å². The summed E-state index contributed by atoms with van der Waals surface area (Å²) < 4.78 is 0. The van der Waals surface area contributed by atoms with Crippen molar-refractivity contribution in [2.75, 3.05) is 0 Å². The molecular weight excluding hydrogens is 444 g/mol. The van der Waals surface area contributed by atoms with Gasteiger partial charge >= 0.3 is 0 Å². The molecule has 0 heteroatoms. The Kier molecular flexibility index (Phi) is 15.7. The van der Waals surface area contributed by atoms with Gasteiger partial charge in [0.05, 0.1) is 0 Å². The molecule has 0 saturated heterocycles. The van der Waals surface area contributed by atoms with Gasteiger partial charge in [-0.05, 0) is 98.7 Å². The Morgan fingerprint density at radius 1 is 0.324 bits per heavy atom. The summed E-state index contributed by atoms with van der Waals surface area (Å²) in [5, 5.41) is 0. The van der Waals surface area contributed by atoms with Gasteiger partial charge in [0.1, 0.15) is 0 Å². The van der Waals surface area contributed by atoms with Crippen LogP contribution in [0.15, 0.2) is 0 Å². The Morgan fingerprint density at radius 2 is 0.649 bits per heavy atom. The molecule has 0 spiro atoms. The summed E-state index contributed by atoms with van der Waals surface area (Å²) in [6, 6.07) is 0. The Balaban J connectivity index is 0.000000208. The molecule has 0 bridgehead atoms. The number of unbranched alkanes of at least 4 members (excludes halogenated alkanes) is 2. The summed E-state index contributed by atoms with van der Waals surface area (Å²) in [7, 11) is 0. The lowest BCUT2D eigenvalue weighted by Crippen LogP contribution is -2.25. The van der Waals surface area contributed by atoms with Gasteiger partial charge in [-0.15, -0.1) is 0 Å². The zero-order valence-corrected chi connectivity index (χ0v) is 26.3. The summed E-state index contributed by atoms with van der Waals surface area (Å²) in [5.74, 6) is 8.78. The second kappa shape index (κ2) is 18.4. The SMILES string of the molecule is CCCC1CCC(C2CCC(CC)CC2)CC1.CCCCCC1CCC(C2CCC(CCC)CC2)CC1. The molecule has 0 aromatic heterocycles. The molecular formula is C37H70. The summed E-state index contributed by atoms with van der Waals surface area (Å²) >= 11 is 0. The van der Waals surface area contributed by atoms with E-state index in [4.69, 9.17) is 0 Å². The smallest absolute Gasteiger partial charge is 0.0386 e. The van der Waals surface area contributed by atoms with Crippen LogP contribution in [0, 0.1) is 47.3 Å². The number of rotatable bonds is 11. The van der Waals surface area contributed by atoms with Crippen molar-refractivity contribution in [1.29, 1.82) is 0 Å². The van der Waals surface area contributed by atoms with Crippen LogP contribution in [-0.2, 0) is 0 Å². The molecule has 0 heterocycles. The highest BCUT2D eigenvalue weighted by Crippen LogP contribution is 2.44. The maximum atomic E-state index is 2.38. The highest BCUT2D eigenvalue weighted by Gasteiger charge is 2.31. The Labute approximate surface area is 235 Å². The Morgan fingerprint density at radius 3 is 0.946 bits per heavy atom. The van der Waals surface area contributed by atoms with Crippen LogP contribution in [0.2, 0.25) is 0 Å². The fraction of sp³-hybridized carbons (Fsp3) is 1.00. The van der Waals surface area contributed by atoms with Gasteiger partial charge in [0.15, 0.2) is 0 Å². The van der Waals surface area contributed by atoms with Crippen molar-refractivity contribution in [3.8, 4) is 0 Å². The van der Waals surface area contributed by atoms with Crippen LogP contribution in [0.3, 0.4) is 0 Å². The zero-order valence-electron chi connectivity index (χ0n) is 26.3. The fourth-order valence-electron chi connectivity index (χ4n) is 9.41. The van der Waals surface area contributed by atoms with Gasteiger partial charge in [0.2, 0.25) is 0 Å². The first kappa shape index (κ1) is 31.5. The average Bonchev–Trinajstić information content (AvgIpc) is 2.95. The molecule has 4 aliphatic rings. The van der Waals surface area contributed by atoms with Crippen molar-refractivity contribution in [2.24, 2.45) is 47.3 Å². The van der Waals surface area contributed by atoms with Crippen molar-refractivity contribution in [1.82, 2.24) is 0 Å². The minimum Gasteiger partial charge on any atom is -0.0654 e. The molecule has 0 aliphatic heterocycles. The van der Waals surface area contributed by atoms with Crippen molar-refractivity contribution < 1.29 is 0 Å². The van der Waals surface area contributed by atoms with E-state index in [1.807, 2.05) is 0 Å². The van der Waals surface area contributed by atoms with Gasteiger partial charge in [-0.25, -0.2) is 0 Å². The van der Waals surface area contributed by atoms with E-state index in [1.165, 1.54) is 70.6 Å². The third-order valence-electron chi connectivity index (χ3n) is 12.1. The van der Waals surface area contributed by atoms with Crippen LogP contribution >= 0.6 is 0 Å². The molecule has 0 radical (unpaired) electrons. The van der Waals surface area contributed by atoms with E-state index in [0.717, 1.165) is 47.3 Å². The minimum atomic E-state index is 1.07. The quantitative estimate of drug-likeness (QED) is 0.240. The molecule has 0 aromatic rings. The monoisotopic (exact) mass is 515 g/mol. The van der Waals surface area contributed by atoms with Gasteiger partial charge in [-0.3, -0.25) is 0 Å². The molecule has 4 fully saturated rings. The van der Waals surface area contributed by atoms with E-state index in [-0.39, 0.29) is 0 Å². The van der Waals surface area contributed by atoms with Gasteiger partial charge in [-0.2, -0.15) is 0 Å². The second-order valence-corrected chi connectivity index (χ2v) is 14.6. The minimum absolute atomic E-state index is 1.07. The first-order valence-corrected chi connectivity index (χ1v) is 18.2.